The quantitative estimate of drug-likeness (QED) is 0.721. The molecule has 1 aliphatic carbocycles. The molecule has 6 heteroatoms. The molecule has 0 N–H and O–H groups in total. The van der Waals surface area contributed by atoms with Crippen molar-refractivity contribution < 1.29 is 13.9 Å². The van der Waals surface area contributed by atoms with Gasteiger partial charge in [-0.05, 0) is 25.0 Å². The number of benzene rings is 1. The number of carbonyl (C=O) groups is 1. The number of rotatable bonds is 2. The molecule has 1 aromatic carbocycles. The van der Waals surface area contributed by atoms with Crippen molar-refractivity contribution in [1.29, 1.82) is 0 Å². The molecule has 1 aromatic rings. The van der Waals surface area contributed by atoms with E-state index in [1.54, 1.807) is 0 Å². The van der Waals surface area contributed by atoms with E-state index < -0.39 is 11.9 Å². The molecule has 0 spiro atoms. The molecule has 23 heavy (non-hydrogen) atoms. The number of nitrogens with zero attached hydrogens (tertiary/aromatic N) is 1. The molecule has 1 saturated carbocycles. The second-order valence-corrected chi connectivity index (χ2v) is 7.08. The Morgan fingerprint density at radius 3 is 2.65 bits per heavy atom. The Hall–Kier alpha value is -0.840. The summed E-state index contributed by atoms with van der Waals surface area (Å²) in [7, 11) is 0. The number of hydrogen-bond donors (Lipinski definition) is 0. The third-order valence-corrected chi connectivity index (χ3v) is 5.34. The molecule has 1 atom stereocenters. The molecule has 2 fully saturated rings. The lowest BCUT2D eigenvalue weighted by Crippen LogP contribution is -2.45. The first-order valence-corrected chi connectivity index (χ1v) is 8.86. The third kappa shape index (κ3) is 3.81. The molecule has 1 amide bonds. The van der Waals surface area contributed by atoms with Gasteiger partial charge in [0.15, 0.2) is 0 Å². The van der Waals surface area contributed by atoms with Crippen LogP contribution < -0.4 is 0 Å². The maximum Gasteiger partial charge on any atom is 0.225 e. The topological polar surface area (TPSA) is 29.5 Å². The van der Waals surface area contributed by atoms with Crippen molar-refractivity contribution in [2.24, 2.45) is 5.92 Å². The van der Waals surface area contributed by atoms with Gasteiger partial charge in [-0.3, -0.25) is 4.79 Å². The van der Waals surface area contributed by atoms with Gasteiger partial charge in [-0.25, -0.2) is 4.39 Å². The Bertz CT molecular complexity index is 590. The van der Waals surface area contributed by atoms with Crippen LogP contribution in [0, 0.1) is 11.7 Å². The molecule has 126 valence electrons. The molecule has 1 saturated heterocycles. The lowest BCUT2D eigenvalue weighted by molar-refractivity contribution is -0.144. The van der Waals surface area contributed by atoms with Crippen LogP contribution in [0.2, 0.25) is 10.0 Å². The van der Waals surface area contributed by atoms with Crippen molar-refractivity contribution in [3.8, 4) is 0 Å². The minimum absolute atomic E-state index is 0.00954. The van der Waals surface area contributed by atoms with Crippen LogP contribution in [-0.4, -0.2) is 30.5 Å². The average Bonchev–Trinajstić information content (AvgIpc) is 2.58. The maximum absolute atomic E-state index is 13.7. The normalized spacial score (nSPS) is 23.1. The summed E-state index contributed by atoms with van der Waals surface area (Å²) in [5.74, 6) is -0.200. The van der Waals surface area contributed by atoms with Gasteiger partial charge in [0.05, 0.1) is 18.2 Å². The lowest BCUT2D eigenvalue weighted by atomic mass is 9.88. The Kier molecular flexibility index (Phi) is 5.45. The zero-order valence-corrected chi connectivity index (χ0v) is 14.4. The van der Waals surface area contributed by atoms with Crippen LogP contribution in [0.5, 0.6) is 0 Å². The summed E-state index contributed by atoms with van der Waals surface area (Å²) >= 11 is 11.9. The van der Waals surface area contributed by atoms with Crippen molar-refractivity contribution in [3.05, 3.63) is 33.6 Å². The van der Waals surface area contributed by atoms with Crippen LogP contribution in [0.3, 0.4) is 0 Å². The van der Waals surface area contributed by atoms with E-state index in [0.29, 0.717) is 30.3 Å². The molecule has 0 aromatic heterocycles. The molecule has 3 nitrogen and oxygen atoms in total. The van der Waals surface area contributed by atoms with E-state index in [-0.39, 0.29) is 16.8 Å². The predicted octanol–water partition coefficient (Wildman–Crippen LogP) is 4.61. The summed E-state index contributed by atoms with van der Waals surface area (Å²) in [6.45, 7) is 1.43. The van der Waals surface area contributed by atoms with Crippen molar-refractivity contribution in [3.63, 3.8) is 0 Å². The van der Waals surface area contributed by atoms with Crippen molar-refractivity contribution in [2.45, 2.75) is 38.2 Å². The van der Waals surface area contributed by atoms with Gasteiger partial charge < -0.3 is 9.64 Å². The third-order valence-electron chi connectivity index (χ3n) is 4.72. The highest BCUT2D eigenvalue weighted by molar-refractivity contribution is 6.35. The van der Waals surface area contributed by atoms with Gasteiger partial charge in [-0.1, -0.05) is 42.5 Å². The Balaban J connectivity index is 1.73. The van der Waals surface area contributed by atoms with Crippen LogP contribution in [0.25, 0.3) is 0 Å². The molecule has 3 rings (SSSR count). The fourth-order valence-corrected chi connectivity index (χ4v) is 3.93. The molecule has 1 unspecified atom stereocenters. The first-order valence-electron chi connectivity index (χ1n) is 8.11. The van der Waals surface area contributed by atoms with Gasteiger partial charge in [0.2, 0.25) is 5.91 Å². The molecular weight excluding hydrogens is 340 g/mol. The Labute approximate surface area is 145 Å². The largest absolute Gasteiger partial charge is 0.370 e. The van der Waals surface area contributed by atoms with E-state index in [0.717, 1.165) is 25.7 Å². The molecular formula is C17H20Cl2FNO2. The van der Waals surface area contributed by atoms with Gasteiger partial charge in [0, 0.05) is 23.0 Å². The lowest BCUT2D eigenvalue weighted by Gasteiger charge is -2.36. The van der Waals surface area contributed by atoms with Gasteiger partial charge in [0.25, 0.3) is 0 Å². The SMILES string of the molecule is O=C(C1CCCCC1)N1CCOC(c2cc(F)c(Cl)cc2Cl)C1. The molecule has 0 bridgehead atoms. The van der Waals surface area contributed by atoms with Gasteiger partial charge in [-0.15, -0.1) is 0 Å². The van der Waals surface area contributed by atoms with Gasteiger partial charge in [-0.2, -0.15) is 0 Å². The van der Waals surface area contributed by atoms with Crippen LogP contribution in [0.15, 0.2) is 12.1 Å². The minimum atomic E-state index is -0.523. The number of amides is 1. The Morgan fingerprint density at radius 1 is 1.17 bits per heavy atom. The highest BCUT2D eigenvalue weighted by Gasteiger charge is 2.31. The maximum atomic E-state index is 13.7. The highest BCUT2D eigenvalue weighted by Crippen LogP contribution is 2.33. The summed E-state index contributed by atoms with van der Waals surface area (Å²) < 4.78 is 19.5. The fourth-order valence-electron chi connectivity index (χ4n) is 3.43. The second kappa shape index (κ2) is 7.37. The molecule has 1 heterocycles. The first kappa shape index (κ1) is 17.0. The fraction of sp³-hybridized carbons (Fsp3) is 0.588. The first-order chi connectivity index (χ1) is 11.1. The van der Waals surface area contributed by atoms with E-state index in [9.17, 15) is 9.18 Å². The minimum Gasteiger partial charge on any atom is -0.370 e. The van der Waals surface area contributed by atoms with Crippen LogP contribution >= 0.6 is 23.2 Å². The summed E-state index contributed by atoms with van der Waals surface area (Å²) in [4.78, 5) is 14.5. The van der Waals surface area contributed by atoms with Crippen LogP contribution in [0.1, 0.15) is 43.8 Å². The average molecular weight is 360 g/mol. The predicted molar refractivity (Wildman–Crippen MR) is 88.3 cm³/mol. The summed E-state index contributed by atoms with van der Waals surface area (Å²) in [6, 6.07) is 2.70. The van der Waals surface area contributed by atoms with E-state index in [2.05, 4.69) is 0 Å². The monoisotopic (exact) mass is 359 g/mol. The van der Waals surface area contributed by atoms with Crippen molar-refractivity contribution in [1.82, 2.24) is 4.90 Å². The van der Waals surface area contributed by atoms with E-state index in [1.165, 1.54) is 18.6 Å². The number of halogens is 3. The zero-order chi connectivity index (χ0) is 16.4. The molecule has 0 radical (unpaired) electrons. The number of ether oxygens (including phenoxy) is 1. The van der Waals surface area contributed by atoms with Gasteiger partial charge in [0.1, 0.15) is 11.9 Å². The number of morpholine rings is 1. The summed E-state index contributed by atoms with van der Waals surface area (Å²) in [5.41, 5.74) is 0.551. The van der Waals surface area contributed by atoms with Crippen LogP contribution in [0.4, 0.5) is 4.39 Å². The Morgan fingerprint density at radius 2 is 1.91 bits per heavy atom. The summed E-state index contributed by atoms with van der Waals surface area (Å²) in [5, 5.41) is 0.359. The summed E-state index contributed by atoms with van der Waals surface area (Å²) in [6.07, 6.45) is 5.00. The molecule has 1 aliphatic heterocycles. The smallest absolute Gasteiger partial charge is 0.225 e. The second-order valence-electron chi connectivity index (χ2n) is 6.27. The van der Waals surface area contributed by atoms with Crippen LogP contribution in [-0.2, 0) is 9.53 Å². The number of carbonyl (C=O) groups excluding carboxylic acids is 1. The number of hydrogen-bond acceptors (Lipinski definition) is 2. The van der Waals surface area contributed by atoms with E-state index in [4.69, 9.17) is 27.9 Å². The molecule has 2 aliphatic rings. The zero-order valence-electron chi connectivity index (χ0n) is 12.9. The highest BCUT2D eigenvalue weighted by atomic mass is 35.5. The van der Waals surface area contributed by atoms with Gasteiger partial charge >= 0.3 is 0 Å². The van der Waals surface area contributed by atoms with E-state index >= 15 is 0 Å². The van der Waals surface area contributed by atoms with E-state index in [1.807, 2.05) is 4.90 Å². The van der Waals surface area contributed by atoms with Crippen molar-refractivity contribution >= 4 is 29.1 Å². The standard InChI is InChI=1S/C17H20Cl2FNO2/c18-13-9-14(19)15(20)8-12(13)16-10-21(6-7-23-16)17(22)11-4-2-1-3-5-11/h8-9,11,16H,1-7,10H2. The van der Waals surface area contributed by atoms with Crippen molar-refractivity contribution in [2.75, 3.05) is 19.7 Å².